The highest BCUT2D eigenvalue weighted by Crippen LogP contribution is 2.08. The molecule has 0 spiro atoms. The Morgan fingerprint density at radius 1 is 1.10 bits per heavy atom. The van der Waals surface area contributed by atoms with Gasteiger partial charge in [-0.3, -0.25) is 0 Å². The Morgan fingerprint density at radius 2 is 1.80 bits per heavy atom. The van der Waals surface area contributed by atoms with Crippen molar-refractivity contribution in [3.63, 3.8) is 0 Å². The van der Waals surface area contributed by atoms with Crippen LogP contribution in [0, 0.1) is 0 Å². The van der Waals surface area contributed by atoms with Gasteiger partial charge in [0.25, 0.3) is 0 Å². The number of carbonyl (C=O) groups is 2. The molecule has 0 saturated carbocycles. The topological polar surface area (TPSA) is 78.4 Å². The van der Waals surface area contributed by atoms with Crippen LogP contribution >= 0.6 is 0 Å². The van der Waals surface area contributed by atoms with Gasteiger partial charge in [0.1, 0.15) is 0 Å². The smallest absolute Gasteiger partial charge is 0.335 e. The lowest BCUT2D eigenvalue weighted by molar-refractivity contribution is 0.0695. The van der Waals surface area contributed by atoms with Crippen LogP contribution < -0.4 is 10.6 Å². The molecule has 3 N–H and O–H groups in total. The van der Waals surface area contributed by atoms with E-state index < -0.39 is 5.97 Å². The number of aromatic carboxylic acids is 1. The zero-order chi connectivity index (χ0) is 14.8. The molecule has 0 aliphatic rings. The summed E-state index contributed by atoms with van der Waals surface area (Å²) in [7, 11) is 0. The number of unbranched alkanes of at least 4 members (excludes halogenated alkanes) is 2. The molecule has 0 aromatic heterocycles. The lowest BCUT2D eigenvalue weighted by atomic mass is 10.0. The number of hydrogen-bond acceptors (Lipinski definition) is 2. The molecule has 0 aliphatic carbocycles. The van der Waals surface area contributed by atoms with Crippen molar-refractivity contribution in [3.8, 4) is 0 Å². The zero-order valence-corrected chi connectivity index (χ0v) is 11.8. The van der Waals surface area contributed by atoms with Gasteiger partial charge in [-0.1, -0.05) is 38.0 Å². The van der Waals surface area contributed by atoms with Crippen LogP contribution in [-0.2, 0) is 6.42 Å². The molecule has 0 saturated heterocycles. The molecule has 0 atom stereocenters. The van der Waals surface area contributed by atoms with Crippen molar-refractivity contribution in [2.24, 2.45) is 0 Å². The van der Waals surface area contributed by atoms with Gasteiger partial charge in [-0.25, -0.2) is 9.59 Å². The van der Waals surface area contributed by atoms with Crippen LogP contribution in [0.15, 0.2) is 24.3 Å². The molecule has 0 fully saturated rings. The molecular formula is C15H22N2O3. The summed E-state index contributed by atoms with van der Waals surface area (Å²) in [4.78, 5) is 22.5. The number of amides is 2. The number of carboxylic acid groups (broad SMARTS) is 1. The molecule has 20 heavy (non-hydrogen) atoms. The number of rotatable bonds is 8. The maximum atomic E-state index is 11.5. The third-order valence-electron chi connectivity index (χ3n) is 2.99. The monoisotopic (exact) mass is 278 g/mol. The van der Waals surface area contributed by atoms with Crippen molar-refractivity contribution in [2.45, 2.75) is 32.6 Å². The third-order valence-corrected chi connectivity index (χ3v) is 2.99. The molecule has 1 aromatic rings. The molecule has 110 valence electrons. The summed E-state index contributed by atoms with van der Waals surface area (Å²) in [6, 6.07) is 6.63. The van der Waals surface area contributed by atoms with Crippen molar-refractivity contribution in [1.29, 1.82) is 0 Å². The lowest BCUT2D eigenvalue weighted by Gasteiger charge is -2.09. The van der Waals surface area contributed by atoms with Crippen LogP contribution in [0.2, 0.25) is 0 Å². The fourth-order valence-electron chi connectivity index (χ4n) is 1.90. The molecule has 0 aliphatic heterocycles. The van der Waals surface area contributed by atoms with Crippen LogP contribution in [-0.4, -0.2) is 30.2 Å². The summed E-state index contributed by atoms with van der Waals surface area (Å²) in [5.41, 5.74) is 1.02. The van der Waals surface area contributed by atoms with E-state index in [9.17, 15) is 9.59 Å². The molecule has 0 unspecified atom stereocenters. The van der Waals surface area contributed by atoms with Gasteiger partial charge in [-0.05, 0) is 24.5 Å². The van der Waals surface area contributed by atoms with Crippen LogP contribution in [0.25, 0.3) is 0 Å². The Balaban J connectivity index is 2.30. The van der Waals surface area contributed by atoms with Crippen LogP contribution in [0.1, 0.15) is 42.1 Å². The van der Waals surface area contributed by atoms with Gasteiger partial charge in [-0.15, -0.1) is 0 Å². The minimum atomic E-state index is -0.940. The van der Waals surface area contributed by atoms with Gasteiger partial charge in [0.15, 0.2) is 0 Å². The first-order valence-electron chi connectivity index (χ1n) is 6.98. The van der Waals surface area contributed by atoms with E-state index in [-0.39, 0.29) is 11.6 Å². The number of nitrogens with one attached hydrogen (secondary N) is 2. The van der Waals surface area contributed by atoms with Crippen LogP contribution in [0.3, 0.4) is 0 Å². The molecule has 0 bridgehead atoms. The second-order valence-corrected chi connectivity index (χ2v) is 4.60. The van der Waals surface area contributed by atoms with E-state index >= 15 is 0 Å². The second kappa shape index (κ2) is 8.96. The van der Waals surface area contributed by atoms with Crippen molar-refractivity contribution in [3.05, 3.63) is 35.4 Å². The molecule has 0 radical (unpaired) electrons. The molecule has 1 aromatic carbocycles. The third kappa shape index (κ3) is 5.73. The van der Waals surface area contributed by atoms with Gasteiger partial charge in [0, 0.05) is 13.1 Å². The number of urea groups is 1. The van der Waals surface area contributed by atoms with E-state index in [0.29, 0.717) is 19.5 Å². The predicted molar refractivity (Wildman–Crippen MR) is 78.0 cm³/mol. The molecule has 1 rings (SSSR count). The molecule has 5 nitrogen and oxygen atoms in total. The summed E-state index contributed by atoms with van der Waals surface area (Å²) in [5.74, 6) is -0.940. The second-order valence-electron chi connectivity index (χ2n) is 4.60. The van der Waals surface area contributed by atoms with Crippen molar-refractivity contribution < 1.29 is 14.7 Å². The Bertz CT molecular complexity index is 446. The highest BCUT2D eigenvalue weighted by molar-refractivity contribution is 5.89. The number of hydrogen-bond donors (Lipinski definition) is 3. The lowest BCUT2D eigenvalue weighted by Crippen LogP contribution is -2.37. The van der Waals surface area contributed by atoms with Crippen molar-refractivity contribution >= 4 is 12.0 Å². The first-order chi connectivity index (χ1) is 9.65. The number of carboxylic acids is 1. The van der Waals surface area contributed by atoms with Crippen molar-refractivity contribution in [2.75, 3.05) is 13.1 Å². The highest BCUT2D eigenvalue weighted by Gasteiger charge is 2.08. The van der Waals surface area contributed by atoms with Gasteiger partial charge < -0.3 is 15.7 Å². The minimum Gasteiger partial charge on any atom is -0.478 e. The number of carbonyl (C=O) groups excluding carboxylic acids is 1. The van der Waals surface area contributed by atoms with E-state index in [4.69, 9.17) is 5.11 Å². The predicted octanol–water partition coefficient (Wildman–Crippen LogP) is 2.42. The van der Waals surface area contributed by atoms with Gasteiger partial charge in [0.2, 0.25) is 0 Å². The largest absolute Gasteiger partial charge is 0.478 e. The highest BCUT2D eigenvalue weighted by atomic mass is 16.4. The quantitative estimate of drug-likeness (QED) is 0.639. The molecule has 5 heteroatoms. The zero-order valence-electron chi connectivity index (χ0n) is 11.8. The van der Waals surface area contributed by atoms with Crippen LogP contribution in [0.5, 0.6) is 0 Å². The Kier molecular flexibility index (Phi) is 7.17. The van der Waals surface area contributed by atoms with E-state index in [0.717, 1.165) is 24.8 Å². The Hall–Kier alpha value is -2.04. The Labute approximate surface area is 119 Å². The van der Waals surface area contributed by atoms with E-state index in [1.54, 1.807) is 24.3 Å². The van der Waals surface area contributed by atoms with Gasteiger partial charge in [-0.2, -0.15) is 0 Å². The summed E-state index contributed by atoms with van der Waals surface area (Å²) in [6.45, 7) is 3.20. The maximum absolute atomic E-state index is 11.5. The summed E-state index contributed by atoms with van der Waals surface area (Å²) >= 11 is 0. The van der Waals surface area contributed by atoms with E-state index in [1.165, 1.54) is 0 Å². The standard InChI is InChI=1S/C15H22N2O3/c1-2-3-6-10-16-15(20)17-11-9-12-7-4-5-8-13(12)14(18)19/h4-5,7-8H,2-3,6,9-11H2,1H3,(H,18,19)(H2,16,17,20). The van der Waals surface area contributed by atoms with E-state index in [1.807, 2.05) is 0 Å². The summed E-state index contributed by atoms with van der Waals surface area (Å²) in [6.07, 6.45) is 3.71. The molecule has 2 amide bonds. The van der Waals surface area contributed by atoms with Gasteiger partial charge >= 0.3 is 12.0 Å². The fourth-order valence-corrected chi connectivity index (χ4v) is 1.90. The minimum absolute atomic E-state index is 0.200. The average Bonchev–Trinajstić information content (AvgIpc) is 2.44. The average molecular weight is 278 g/mol. The van der Waals surface area contributed by atoms with E-state index in [2.05, 4.69) is 17.6 Å². The van der Waals surface area contributed by atoms with Gasteiger partial charge in [0.05, 0.1) is 5.56 Å². The summed E-state index contributed by atoms with van der Waals surface area (Å²) in [5, 5.41) is 14.5. The van der Waals surface area contributed by atoms with Crippen molar-refractivity contribution in [1.82, 2.24) is 10.6 Å². The normalized spacial score (nSPS) is 10.1. The fraction of sp³-hybridized carbons (Fsp3) is 0.467. The maximum Gasteiger partial charge on any atom is 0.335 e. The molecular weight excluding hydrogens is 256 g/mol. The number of benzene rings is 1. The first-order valence-corrected chi connectivity index (χ1v) is 6.98. The molecule has 0 heterocycles. The first kappa shape index (κ1) is 16.0. The van der Waals surface area contributed by atoms with Crippen LogP contribution in [0.4, 0.5) is 4.79 Å². The Morgan fingerprint density at radius 3 is 2.50 bits per heavy atom. The summed E-state index contributed by atoms with van der Waals surface area (Å²) < 4.78 is 0. The SMILES string of the molecule is CCCCCNC(=O)NCCc1ccccc1C(=O)O.